The zero-order valence-electron chi connectivity index (χ0n) is 12.2. The van der Waals surface area contributed by atoms with Crippen LogP contribution < -0.4 is 9.47 Å². The molecule has 2 aromatic rings. The zero-order chi connectivity index (χ0) is 15.5. The first-order valence-electron chi connectivity index (χ1n) is 6.78. The van der Waals surface area contributed by atoms with E-state index in [1.165, 1.54) is 19.5 Å². The third kappa shape index (κ3) is 2.98. The van der Waals surface area contributed by atoms with Crippen LogP contribution in [0.3, 0.4) is 0 Å². The van der Waals surface area contributed by atoms with Gasteiger partial charge in [0, 0.05) is 13.0 Å². The van der Waals surface area contributed by atoms with E-state index in [1.807, 2.05) is 0 Å². The molecular weight excluding hydrogens is 306 g/mol. The van der Waals surface area contributed by atoms with Crippen LogP contribution in [0.2, 0.25) is 0 Å². The van der Waals surface area contributed by atoms with Crippen molar-refractivity contribution in [2.75, 3.05) is 20.2 Å². The fourth-order valence-corrected chi connectivity index (χ4v) is 2.86. The maximum Gasteiger partial charge on any atom is 0.267 e. The van der Waals surface area contributed by atoms with Gasteiger partial charge in [-0.05, 0) is 18.5 Å². The molecule has 0 aliphatic carbocycles. The standard InChI is InChI=1S/C13H15N5O3S/c1-8-12(22-17-16-8)13(19)18-4-3-9(7-18)21-11-6-14-5-10(15-11)20-2/h5-6,9H,3-4,7H2,1-2H3. The Bertz CT molecular complexity index is 677. The monoisotopic (exact) mass is 321 g/mol. The van der Waals surface area contributed by atoms with Crippen LogP contribution in [0.15, 0.2) is 12.4 Å². The van der Waals surface area contributed by atoms with Gasteiger partial charge < -0.3 is 14.4 Å². The van der Waals surface area contributed by atoms with Gasteiger partial charge in [0.15, 0.2) is 0 Å². The molecule has 3 rings (SSSR count). The summed E-state index contributed by atoms with van der Waals surface area (Å²) in [7, 11) is 1.52. The van der Waals surface area contributed by atoms with Crippen LogP contribution in [-0.2, 0) is 0 Å². The lowest BCUT2D eigenvalue weighted by atomic mass is 10.3. The molecule has 116 valence electrons. The quantitative estimate of drug-likeness (QED) is 0.827. The van der Waals surface area contributed by atoms with Crippen molar-refractivity contribution in [3.8, 4) is 11.8 Å². The molecule has 0 spiro atoms. The zero-order valence-corrected chi connectivity index (χ0v) is 13.0. The van der Waals surface area contributed by atoms with Gasteiger partial charge in [-0.1, -0.05) is 4.49 Å². The Labute approximate surface area is 131 Å². The molecule has 0 aromatic carbocycles. The summed E-state index contributed by atoms with van der Waals surface area (Å²) < 4.78 is 14.6. The fraction of sp³-hybridized carbons (Fsp3) is 0.462. The number of carbonyl (C=O) groups is 1. The molecule has 1 saturated heterocycles. The second-order valence-electron chi connectivity index (χ2n) is 4.87. The van der Waals surface area contributed by atoms with E-state index in [9.17, 15) is 4.79 Å². The van der Waals surface area contributed by atoms with Gasteiger partial charge in [0.25, 0.3) is 5.91 Å². The predicted octanol–water partition coefficient (Wildman–Crippen LogP) is 0.939. The molecule has 2 aromatic heterocycles. The van der Waals surface area contributed by atoms with Crippen molar-refractivity contribution >= 4 is 17.4 Å². The highest BCUT2D eigenvalue weighted by molar-refractivity contribution is 7.07. The molecule has 1 atom stereocenters. The number of carbonyl (C=O) groups excluding carboxylic acids is 1. The molecule has 0 bridgehead atoms. The minimum Gasteiger partial charge on any atom is -0.480 e. The van der Waals surface area contributed by atoms with Gasteiger partial charge in [-0.3, -0.25) is 9.78 Å². The van der Waals surface area contributed by atoms with Crippen LogP contribution in [0.25, 0.3) is 0 Å². The van der Waals surface area contributed by atoms with Gasteiger partial charge in [0.2, 0.25) is 11.8 Å². The molecule has 1 unspecified atom stereocenters. The number of likely N-dealkylation sites (tertiary alicyclic amines) is 1. The Morgan fingerprint density at radius 3 is 2.95 bits per heavy atom. The van der Waals surface area contributed by atoms with Crippen LogP contribution in [0, 0.1) is 6.92 Å². The number of ether oxygens (including phenoxy) is 2. The molecule has 0 radical (unpaired) electrons. The van der Waals surface area contributed by atoms with Crippen molar-refractivity contribution in [2.24, 2.45) is 0 Å². The Hall–Kier alpha value is -2.29. The third-order valence-electron chi connectivity index (χ3n) is 3.36. The lowest BCUT2D eigenvalue weighted by Gasteiger charge is -2.16. The van der Waals surface area contributed by atoms with E-state index in [4.69, 9.17) is 9.47 Å². The van der Waals surface area contributed by atoms with Crippen LogP contribution in [0.5, 0.6) is 11.8 Å². The molecule has 0 saturated carbocycles. The summed E-state index contributed by atoms with van der Waals surface area (Å²) in [5, 5.41) is 3.87. The summed E-state index contributed by atoms with van der Waals surface area (Å²) >= 11 is 1.12. The first kappa shape index (κ1) is 14.6. The highest BCUT2D eigenvalue weighted by Crippen LogP contribution is 2.21. The van der Waals surface area contributed by atoms with Crippen molar-refractivity contribution < 1.29 is 14.3 Å². The molecule has 9 heteroatoms. The number of methoxy groups -OCH3 is 1. The highest BCUT2D eigenvalue weighted by Gasteiger charge is 2.30. The molecular formula is C13H15N5O3S. The van der Waals surface area contributed by atoms with Crippen molar-refractivity contribution in [3.63, 3.8) is 0 Å². The summed E-state index contributed by atoms with van der Waals surface area (Å²) in [5.74, 6) is 0.749. The predicted molar refractivity (Wildman–Crippen MR) is 78.2 cm³/mol. The summed E-state index contributed by atoms with van der Waals surface area (Å²) in [5.41, 5.74) is 0.665. The van der Waals surface area contributed by atoms with Crippen molar-refractivity contribution in [1.29, 1.82) is 0 Å². The SMILES string of the molecule is COc1cncc(OC2CCN(C(=O)c3snnc3C)C2)n1. The Morgan fingerprint density at radius 1 is 1.41 bits per heavy atom. The largest absolute Gasteiger partial charge is 0.480 e. The van der Waals surface area contributed by atoms with Crippen LogP contribution in [0.4, 0.5) is 0 Å². The number of aromatic nitrogens is 4. The van der Waals surface area contributed by atoms with E-state index >= 15 is 0 Å². The van der Waals surface area contributed by atoms with E-state index in [-0.39, 0.29) is 12.0 Å². The molecule has 1 amide bonds. The number of hydrogen-bond donors (Lipinski definition) is 0. The molecule has 8 nitrogen and oxygen atoms in total. The number of hydrogen-bond acceptors (Lipinski definition) is 8. The van der Waals surface area contributed by atoms with Crippen molar-refractivity contribution in [1.82, 2.24) is 24.5 Å². The molecule has 1 aliphatic rings. The fourth-order valence-electron chi connectivity index (χ4n) is 2.24. The normalized spacial score (nSPS) is 17.5. The smallest absolute Gasteiger partial charge is 0.267 e. The van der Waals surface area contributed by atoms with Gasteiger partial charge in [-0.25, -0.2) is 0 Å². The molecule has 1 aliphatic heterocycles. The van der Waals surface area contributed by atoms with Crippen LogP contribution in [-0.4, -0.2) is 56.7 Å². The van der Waals surface area contributed by atoms with Gasteiger partial charge >= 0.3 is 0 Å². The molecule has 22 heavy (non-hydrogen) atoms. The number of rotatable bonds is 4. The first-order valence-corrected chi connectivity index (χ1v) is 7.55. The van der Waals surface area contributed by atoms with E-state index in [1.54, 1.807) is 11.8 Å². The van der Waals surface area contributed by atoms with E-state index in [2.05, 4.69) is 19.6 Å². The number of amides is 1. The van der Waals surface area contributed by atoms with Crippen LogP contribution in [0.1, 0.15) is 21.8 Å². The van der Waals surface area contributed by atoms with E-state index in [0.717, 1.165) is 18.0 Å². The Morgan fingerprint density at radius 2 is 2.23 bits per heavy atom. The van der Waals surface area contributed by atoms with Gasteiger partial charge in [-0.2, -0.15) is 4.98 Å². The van der Waals surface area contributed by atoms with E-state index < -0.39 is 0 Å². The summed E-state index contributed by atoms with van der Waals surface area (Å²) in [6.07, 6.45) is 3.68. The van der Waals surface area contributed by atoms with Gasteiger partial charge in [0.05, 0.1) is 31.7 Å². The highest BCUT2D eigenvalue weighted by atomic mass is 32.1. The summed E-state index contributed by atoms with van der Waals surface area (Å²) in [4.78, 5) is 22.9. The van der Waals surface area contributed by atoms with Crippen LogP contribution >= 0.6 is 11.5 Å². The van der Waals surface area contributed by atoms with Crippen molar-refractivity contribution in [3.05, 3.63) is 23.0 Å². The molecule has 3 heterocycles. The lowest BCUT2D eigenvalue weighted by molar-refractivity contribution is 0.0774. The number of aryl methyl sites for hydroxylation is 1. The second kappa shape index (κ2) is 6.22. The summed E-state index contributed by atoms with van der Waals surface area (Å²) in [6.45, 7) is 2.93. The minimum absolute atomic E-state index is 0.0460. The molecule has 1 fully saturated rings. The van der Waals surface area contributed by atoms with Gasteiger partial charge in [-0.15, -0.1) is 5.10 Å². The average molecular weight is 321 g/mol. The van der Waals surface area contributed by atoms with Gasteiger partial charge in [0.1, 0.15) is 11.0 Å². The number of nitrogens with zero attached hydrogens (tertiary/aromatic N) is 5. The topological polar surface area (TPSA) is 90.3 Å². The summed E-state index contributed by atoms with van der Waals surface area (Å²) in [6, 6.07) is 0. The molecule has 0 N–H and O–H groups in total. The van der Waals surface area contributed by atoms with E-state index in [0.29, 0.717) is 35.4 Å². The minimum atomic E-state index is -0.105. The maximum absolute atomic E-state index is 12.4. The second-order valence-corrected chi connectivity index (χ2v) is 5.62. The maximum atomic E-state index is 12.4. The third-order valence-corrected chi connectivity index (χ3v) is 4.18. The Kier molecular flexibility index (Phi) is 4.14. The Balaban J connectivity index is 1.62. The lowest BCUT2D eigenvalue weighted by Crippen LogP contribution is -2.30. The van der Waals surface area contributed by atoms with Crippen molar-refractivity contribution in [2.45, 2.75) is 19.4 Å². The first-order chi connectivity index (χ1) is 10.7. The average Bonchev–Trinajstić information content (AvgIpc) is 3.16.